The van der Waals surface area contributed by atoms with Gasteiger partial charge in [0.1, 0.15) is 5.75 Å². The Balaban J connectivity index is 2.25. The standard InChI is InChI=1S/C17H21NO2/c1-3-10-19-15-6-4-5-7-16(15)20-17-11-14(12-18)9-8-13(17)2/h4-9,11H,3,10,12,18H2,1-2H3. The topological polar surface area (TPSA) is 44.5 Å². The van der Waals surface area contributed by atoms with Crippen LogP contribution < -0.4 is 15.2 Å². The number of ether oxygens (including phenoxy) is 2. The summed E-state index contributed by atoms with van der Waals surface area (Å²) in [5, 5.41) is 0. The van der Waals surface area contributed by atoms with Crippen LogP contribution in [0.2, 0.25) is 0 Å². The van der Waals surface area contributed by atoms with E-state index < -0.39 is 0 Å². The zero-order valence-corrected chi connectivity index (χ0v) is 12.1. The molecule has 2 N–H and O–H groups in total. The second-order valence-electron chi connectivity index (χ2n) is 4.70. The van der Waals surface area contributed by atoms with Gasteiger partial charge in [-0.05, 0) is 42.7 Å². The van der Waals surface area contributed by atoms with E-state index in [1.807, 2.05) is 49.4 Å². The van der Waals surface area contributed by atoms with Crippen molar-refractivity contribution in [2.24, 2.45) is 5.73 Å². The highest BCUT2D eigenvalue weighted by Crippen LogP contribution is 2.33. The van der Waals surface area contributed by atoms with E-state index in [1.165, 1.54) is 0 Å². The molecule has 0 radical (unpaired) electrons. The van der Waals surface area contributed by atoms with E-state index in [0.29, 0.717) is 13.2 Å². The van der Waals surface area contributed by atoms with Crippen molar-refractivity contribution >= 4 is 0 Å². The predicted octanol–water partition coefficient (Wildman–Crippen LogP) is 4.03. The molecule has 0 spiro atoms. The molecule has 3 nitrogen and oxygen atoms in total. The molecule has 0 saturated heterocycles. The van der Waals surface area contributed by atoms with Gasteiger partial charge >= 0.3 is 0 Å². The highest BCUT2D eigenvalue weighted by atomic mass is 16.5. The van der Waals surface area contributed by atoms with Crippen molar-refractivity contribution in [3.63, 3.8) is 0 Å². The first-order valence-corrected chi connectivity index (χ1v) is 6.94. The third-order valence-electron chi connectivity index (χ3n) is 3.02. The van der Waals surface area contributed by atoms with E-state index in [4.69, 9.17) is 15.2 Å². The lowest BCUT2D eigenvalue weighted by Gasteiger charge is -2.14. The average Bonchev–Trinajstić information content (AvgIpc) is 2.48. The second-order valence-corrected chi connectivity index (χ2v) is 4.70. The van der Waals surface area contributed by atoms with Crippen molar-refractivity contribution in [3.05, 3.63) is 53.6 Å². The summed E-state index contributed by atoms with van der Waals surface area (Å²) >= 11 is 0. The molecule has 0 aromatic heterocycles. The first-order chi connectivity index (χ1) is 9.74. The monoisotopic (exact) mass is 271 g/mol. The number of hydrogen-bond acceptors (Lipinski definition) is 3. The van der Waals surface area contributed by atoms with Crippen LogP contribution in [-0.2, 0) is 6.54 Å². The highest BCUT2D eigenvalue weighted by Gasteiger charge is 2.08. The maximum Gasteiger partial charge on any atom is 0.169 e. The van der Waals surface area contributed by atoms with Crippen LogP contribution in [0, 0.1) is 6.92 Å². The minimum atomic E-state index is 0.505. The molecule has 0 fully saturated rings. The van der Waals surface area contributed by atoms with Gasteiger partial charge in [0.15, 0.2) is 11.5 Å². The summed E-state index contributed by atoms with van der Waals surface area (Å²) in [7, 11) is 0. The van der Waals surface area contributed by atoms with Crippen LogP contribution in [0.1, 0.15) is 24.5 Å². The third kappa shape index (κ3) is 3.52. The van der Waals surface area contributed by atoms with Crippen molar-refractivity contribution in [1.82, 2.24) is 0 Å². The molecule has 3 heteroatoms. The van der Waals surface area contributed by atoms with Crippen molar-refractivity contribution in [2.75, 3.05) is 6.61 Å². The molecule has 106 valence electrons. The zero-order valence-electron chi connectivity index (χ0n) is 12.1. The highest BCUT2D eigenvalue weighted by molar-refractivity contribution is 5.45. The van der Waals surface area contributed by atoms with Crippen molar-refractivity contribution in [1.29, 1.82) is 0 Å². The van der Waals surface area contributed by atoms with E-state index in [0.717, 1.165) is 34.8 Å². The summed E-state index contributed by atoms with van der Waals surface area (Å²) in [6.45, 7) is 5.29. The van der Waals surface area contributed by atoms with Gasteiger partial charge in [0, 0.05) is 6.54 Å². The van der Waals surface area contributed by atoms with Gasteiger partial charge in [0.05, 0.1) is 6.61 Å². The molecule has 0 aliphatic rings. The molecule has 0 saturated carbocycles. The average molecular weight is 271 g/mol. The van der Waals surface area contributed by atoms with E-state index >= 15 is 0 Å². The first kappa shape index (κ1) is 14.4. The number of para-hydroxylation sites is 2. The molecular weight excluding hydrogens is 250 g/mol. The fraction of sp³-hybridized carbons (Fsp3) is 0.294. The van der Waals surface area contributed by atoms with E-state index in [2.05, 4.69) is 6.92 Å². The Kier molecular flexibility index (Phi) is 5.02. The molecule has 0 heterocycles. The van der Waals surface area contributed by atoms with Gasteiger partial charge in [-0.1, -0.05) is 31.2 Å². The molecule has 0 aliphatic heterocycles. The minimum Gasteiger partial charge on any atom is -0.490 e. The van der Waals surface area contributed by atoms with Gasteiger partial charge in [-0.3, -0.25) is 0 Å². The zero-order chi connectivity index (χ0) is 14.4. The SMILES string of the molecule is CCCOc1ccccc1Oc1cc(CN)ccc1C. The minimum absolute atomic E-state index is 0.505. The molecule has 2 aromatic carbocycles. The summed E-state index contributed by atoms with van der Waals surface area (Å²) in [5.41, 5.74) is 7.81. The van der Waals surface area contributed by atoms with E-state index in [-0.39, 0.29) is 0 Å². The van der Waals surface area contributed by atoms with Crippen LogP contribution in [0.15, 0.2) is 42.5 Å². The molecule has 0 bridgehead atoms. The Labute approximate surface area is 120 Å². The van der Waals surface area contributed by atoms with Crippen molar-refractivity contribution < 1.29 is 9.47 Å². The van der Waals surface area contributed by atoms with Crippen LogP contribution >= 0.6 is 0 Å². The summed E-state index contributed by atoms with van der Waals surface area (Å²) in [6.07, 6.45) is 0.968. The number of aryl methyl sites for hydroxylation is 1. The Morgan fingerprint density at radius 3 is 2.45 bits per heavy atom. The Morgan fingerprint density at radius 2 is 1.75 bits per heavy atom. The van der Waals surface area contributed by atoms with Crippen molar-refractivity contribution in [3.8, 4) is 17.2 Å². The predicted molar refractivity (Wildman–Crippen MR) is 81.4 cm³/mol. The van der Waals surface area contributed by atoms with Gasteiger partial charge in [0.25, 0.3) is 0 Å². The molecule has 2 aromatic rings. The van der Waals surface area contributed by atoms with Gasteiger partial charge in [-0.25, -0.2) is 0 Å². The molecule has 2 rings (SSSR count). The number of nitrogens with two attached hydrogens (primary N) is 1. The lowest BCUT2D eigenvalue weighted by atomic mass is 10.1. The Bertz CT molecular complexity index is 567. The summed E-state index contributed by atoms with van der Waals surface area (Å²) in [6, 6.07) is 13.7. The van der Waals surface area contributed by atoms with Gasteiger partial charge < -0.3 is 15.2 Å². The lowest BCUT2D eigenvalue weighted by Crippen LogP contribution is -1.99. The molecule has 0 amide bonds. The summed E-state index contributed by atoms with van der Waals surface area (Å²) in [5.74, 6) is 2.32. The summed E-state index contributed by atoms with van der Waals surface area (Å²) in [4.78, 5) is 0. The van der Waals surface area contributed by atoms with Crippen LogP contribution in [0.3, 0.4) is 0 Å². The molecule has 20 heavy (non-hydrogen) atoms. The Hall–Kier alpha value is -2.00. The van der Waals surface area contributed by atoms with Crippen LogP contribution in [0.4, 0.5) is 0 Å². The number of benzene rings is 2. The van der Waals surface area contributed by atoms with Gasteiger partial charge in [-0.15, -0.1) is 0 Å². The lowest BCUT2D eigenvalue weighted by molar-refractivity contribution is 0.302. The molecule has 0 unspecified atom stereocenters. The van der Waals surface area contributed by atoms with E-state index in [9.17, 15) is 0 Å². The molecule has 0 atom stereocenters. The maximum absolute atomic E-state index is 6.00. The normalized spacial score (nSPS) is 10.3. The quantitative estimate of drug-likeness (QED) is 0.862. The second kappa shape index (κ2) is 6.96. The largest absolute Gasteiger partial charge is 0.490 e. The fourth-order valence-electron chi connectivity index (χ4n) is 1.87. The smallest absolute Gasteiger partial charge is 0.169 e. The first-order valence-electron chi connectivity index (χ1n) is 6.94. The van der Waals surface area contributed by atoms with Crippen LogP contribution in [0.5, 0.6) is 17.2 Å². The van der Waals surface area contributed by atoms with Crippen LogP contribution in [-0.4, -0.2) is 6.61 Å². The number of rotatable bonds is 6. The molecule has 0 aliphatic carbocycles. The van der Waals surface area contributed by atoms with Crippen LogP contribution in [0.25, 0.3) is 0 Å². The molecular formula is C17H21NO2. The van der Waals surface area contributed by atoms with Crippen molar-refractivity contribution in [2.45, 2.75) is 26.8 Å². The van der Waals surface area contributed by atoms with Gasteiger partial charge in [-0.2, -0.15) is 0 Å². The van der Waals surface area contributed by atoms with Gasteiger partial charge in [0.2, 0.25) is 0 Å². The summed E-state index contributed by atoms with van der Waals surface area (Å²) < 4.78 is 11.7. The number of hydrogen-bond donors (Lipinski definition) is 1. The Morgan fingerprint density at radius 1 is 1.00 bits per heavy atom. The fourth-order valence-corrected chi connectivity index (χ4v) is 1.87. The third-order valence-corrected chi connectivity index (χ3v) is 3.02. The van der Waals surface area contributed by atoms with E-state index in [1.54, 1.807) is 0 Å². The maximum atomic E-state index is 6.00.